The van der Waals surface area contributed by atoms with E-state index in [1.165, 1.54) is 7.11 Å². The molecule has 6 nitrogen and oxygen atoms in total. The number of hydrogen-bond acceptors (Lipinski definition) is 5. The molecule has 1 aromatic rings. The molecule has 6 heteroatoms. The first-order chi connectivity index (χ1) is 9.17. The van der Waals surface area contributed by atoms with Crippen molar-refractivity contribution >= 4 is 11.6 Å². The maximum absolute atomic E-state index is 11.6. The Morgan fingerprint density at radius 1 is 1.47 bits per heavy atom. The number of aliphatic hydroxyl groups is 1. The van der Waals surface area contributed by atoms with Gasteiger partial charge in [-0.15, -0.1) is 0 Å². The highest BCUT2D eigenvalue weighted by Crippen LogP contribution is 2.19. The molecule has 1 amide bonds. The van der Waals surface area contributed by atoms with E-state index < -0.39 is 0 Å². The van der Waals surface area contributed by atoms with Gasteiger partial charge in [-0.25, -0.2) is 0 Å². The van der Waals surface area contributed by atoms with Crippen LogP contribution in [0.2, 0.25) is 0 Å². The quantitative estimate of drug-likeness (QED) is 0.584. The van der Waals surface area contributed by atoms with Gasteiger partial charge in [-0.1, -0.05) is 12.1 Å². The molecule has 4 N–H and O–H groups in total. The minimum absolute atomic E-state index is 0.161. The SMILES string of the molecule is COCC(CO)NC(=O)CCOc1ccccc1N. The molecule has 19 heavy (non-hydrogen) atoms. The zero-order valence-electron chi connectivity index (χ0n) is 11.0. The molecule has 0 saturated carbocycles. The van der Waals surface area contributed by atoms with E-state index in [4.69, 9.17) is 20.3 Å². The van der Waals surface area contributed by atoms with Crippen LogP contribution in [0.25, 0.3) is 0 Å². The van der Waals surface area contributed by atoms with Crippen molar-refractivity contribution in [3.63, 3.8) is 0 Å². The van der Waals surface area contributed by atoms with Gasteiger partial charge in [-0.2, -0.15) is 0 Å². The van der Waals surface area contributed by atoms with Crippen molar-refractivity contribution in [2.24, 2.45) is 0 Å². The molecular formula is C13H20N2O4. The highest BCUT2D eigenvalue weighted by Gasteiger charge is 2.11. The second-order valence-corrected chi connectivity index (χ2v) is 4.04. The summed E-state index contributed by atoms with van der Waals surface area (Å²) in [7, 11) is 1.51. The smallest absolute Gasteiger partial charge is 0.223 e. The first kappa shape index (κ1) is 15.3. The Kier molecular flexibility index (Phi) is 6.70. The monoisotopic (exact) mass is 268 g/mol. The van der Waals surface area contributed by atoms with Crippen LogP contribution in [0.4, 0.5) is 5.69 Å². The number of nitrogens with two attached hydrogens (primary N) is 1. The fraction of sp³-hybridized carbons (Fsp3) is 0.462. The van der Waals surface area contributed by atoms with E-state index in [2.05, 4.69) is 5.32 Å². The van der Waals surface area contributed by atoms with Crippen LogP contribution in [0.15, 0.2) is 24.3 Å². The van der Waals surface area contributed by atoms with Crippen molar-refractivity contribution in [3.05, 3.63) is 24.3 Å². The molecule has 1 aromatic carbocycles. The number of rotatable bonds is 8. The largest absolute Gasteiger partial charge is 0.491 e. The van der Waals surface area contributed by atoms with E-state index >= 15 is 0 Å². The number of para-hydroxylation sites is 2. The van der Waals surface area contributed by atoms with Crippen LogP contribution in [-0.2, 0) is 9.53 Å². The van der Waals surface area contributed by atoms with Gasteiger partial charge in [0.15, 0.2) is 0 Å². The van der Waals surface area contributed by atoms with Crippen molar-refractivity contribution in [3.8, 4) is 5.75 Å². The van der Waals surface area contributed by atoms with Crippen molar-refractivity contribution < 1.29 is 19.4 Å². The van der Waals surface area contributed by atoms with E-state index in [-0.39, 0.29) is 38.2 Å². The van der Waals surface area contributed by atoms with Crippen LogP contribution >= 0.6 is 0 Å². The third-order valence-corrected chi connectivity index (χ3v) is 2.46. The molecule has 0 aliphatic carbocycles. The number of carbonyl (C=O) groups excluding carboxylic acids is 1. The molecule has 1 rings (SSSR count). The molecule has 1 atom stereocenters. The van der Waals surface area contributed by atoms with Crippen LogP contribution in [-0.4, -0.2) is 44.0 Å². The standard InChI is InChI=1S/C13H20N2O4/c1-18-9-10(8-16)15-13(17)6-7-19-12-5-3-2-4-11(12)14/h2-5,10,16H,6-9,14H2,1H3,(H,15,17). The Bertz CT molecular complexity index is 398. The summed E-state index contributed by atoms with van der Waals surface area (Å²) in [5, 5.41) is 11.6. The van der Waals surface area contributed by atoms with E-state index in [9.17, 15) is 4.79 Å². The summed E-state index contributed by atoms with van der Waals surface area (Å²) in [5.41, 5.74) is 6.24. The third-order valence-electron chi connectivity index (χ3n) is 2.46. The minimum atomic E-state index is -0.390. The van der Waals surface area contributed by atoms with Crippen molar-refractivity contribution in [2.45, 2.75) is 12.5 Å². The number of ether oxygens (including phenoxy) is 2. The summed E-state index contributed by atoms with van der Waals surface area (Å²) in [6.07, 6.45) is 0.189. The summed E-state index contributed by atoms with van der Waals surface area (Å²) in [5.74, 6) is 0.358. The Hall–Kier alpha value is -1.79. The molecule has 0 aliphatic heterocycles. The molecule has 0 aliphatic rings. The predicted molar refractivity (Wildman–Crippen MR) is 71.9 cm³/mol. The topological polar surface area (TPSA) is 93.8 Å². The summed E-state index contributed by atoms with van der Waals surface area (Å²) in [6.45, 7) is 0.339. The number of amides is 1. The van der Waals surface area contributed by atoms with E-state index in [0.29, 0.717) is 11.4 Å². The maximum Gasteiger partial charge on any atom is 0.223 e. The maximum atomic E-state index is 11.6. The van der Waals surface area contributed by atoms with Crippen LogP contribution < -0.4 is 15.8 Å². The number of methoxy groups -OCH3 is 1. The van der Waals surface area contributed by atoms with Crippen LogP contribution in [0.3, 0.4) is 0 Å². The Labute approximate surface area is 112 Å². The highest BCUT2D eigenvalue weighted by molar-refractivity contribution is 5.76. The fourth-order valence-corrected chi connectivity index (χ4v) is 1.51. The summed E-state index contributed by atoms with van der Waals surface area (Å²) in [6, 6.07) is 6.71. The fourth-order valence-electron chi connectivity index (χ4n) is 1.51. The highest BCUT2D eigenvalue weighted by atomic mass is 16.5. The van der Waals surface area contributed by atoms with Gasteiger partial charge in [-0.3, -0.25) is 4.79 Å². The van der Waals surface area contributed by atoms with Crippen LogP contribution in [0, 0.1) is 0 Å². The summed E-state index contributed by atoms with van der Waals surface area (Å²) >= 11 is 0. The normalized spacial score (nSPS) is 11.9. The van der Waals surface area contributed by atoms with Gasteiger partial charge < -0.3 is 25.6 Å². The molecule has 0 aromatic heterocycles. The lowest BCUT2D eigenvalue weighted by molar-refractivity contribution is -0.123. The average molecular weight is 268 g/mol. The molecule has 0 heterocycles. The van der Waals surface area contributed by atoms with E-state index in [0.717, 1.165) is 0 Å². The Morgan fingerprint density at radius 3 is 2.84 bits per heavy atom. The van der Waals surface area contributed by atoms with Gasteiger partial charge in [0, 0.05) is 7.11 Å². The van der Waals surface area contributed by atoms with Gasteiger partial charge in [0.1, 0.15) is 5.75 Å². The zero-order chi connectivity index (χ0) is 14.1. The molecule has 106 valence electrons. The average Bonchev–Trinajstić information content (AvgIpc) is 2.40. The Morgan fingerprint density at radius 2 is 2.21 bits per heavy atom. The number of anilines is 1. The van der Waals surface area contributed by atoms with Gasteiger partial charge in [0.2, 0.25) is 5.91 Å². The number of carbonyl (C=O) groups is 1. The second-order valence-electron chi connectivity index (χ2n) is 4.04. The molecular weight excluding hydrogens is 248 g/mol. The van der Waals surface area contributed by atoms with Gasteiger partial charge in [0.25, 0.3) is 0 Å². The van der Waals surface area contributed by atoms with Gasteiger partial charge in [0.05, 0.1) is 38.0 Å². The van der Waals surface area contributed by atoms with Gasteiger partial charge >= 0.3 is 0 Å². The number of nitrogen functional groups attached to an aromatic ring is 1. The van der Waals surface area contributed by atoms with Crippen LogP contribution in [0.5, 0.6) is 5.75 Å². The lowest BCUT2D eigenvalue weighted by Crippen LogP contribution is -2.41. The second kappa shape index (κ2) is 8.34. The molecule has 0 fully saturated rings. The number of nitrogens with one attached hydrogen (secondary N) is 1. The molecule has 0 radical (unpaired) electrons. The van der Waals surface area contributed by atoms with Crippen molar-refractivity contribution in [2.75, 3.05) is 32.7 Å². The van der Waals surface area contributed by atoms with E-state index in [1.54, 1.807) is 12.1 Å². The number of aliphatic hydroxyl groups excluding tert-OH is 1. The van der Waals surface area contributed by atoms with Crippen molar-refractivity contribution in [1.29, 1.82) is 0 Å². The predicted octanol–water partition coefficient (Wildman–Crippen LogP) is 0.161. The summed E-state index contributed by atoms with van der Waals surface area (Å²) < 4.78 is 10.3. The Balaban J connectivity index is 2.29. The zero-order valence-corrected chi connectivity index (χ0v) is 11.0. The third kappa shape index (κ3) is 5.58. The number of benzene rings is 1. The molecule has 0 bridgehead atoms. The molecule has 0 spiro atoms. The first-order valence-corrected chi connectivity index (χ1v) is 6.03. The first-order valence-electron chi connectivity index (χ1n) is 6.03. The van der Waals surface area contributed by atoms with Crippen molar-refractivity contribution in [1.82, 2.24) is 5.32 Å². The lowest BCUT2D eigenvalue weighted by atomic mass is 10.3. The number of hydrogen-bond donors (Lipinski definition) is 3. The lowest BCUT2D eigenvalue weighted by Gasteiger charge is -2.15. The molecule has 0 saturated heterocycles. The summed E-state index contributed by atoms with van der Waals surface area (Å²) in [4.78, 5) is 11.6. The van der Waals surface area contributed by atoms with E-state index in [1.807, 2.05) is 12.1 Å². The van der Waals surface area contributed by atoms with Crippen LogP contribution in [0.1, 0.15) is 6.42 Å². The molecule has 1 unspecified atom stereocenters. The minimum Gasteiger partial charge on any atom is -0.491 e. The van der Waals surface area contributed by atoms with Gasteiger partial charge in [-0.05, 0) is 12.1 Å².